The van der Waals surface area contributed by atoms with Gasteiger partial charge in [0.1, 0.15) is 5.75 Å². The number of esters is 1. The molecule has 0 aliphatic carbocycles. The number of carbonyl (C=O) groups is 2. The highest BCUT2D eigenvalue weighted by Crippen LogP contribution is 2.18. The minimum Gasteiger partial charge on any atom is -0.508 e. The van der Waals surface area contributed by atoms with Crippen molar-refractivity contribution in [3.63, 3.8) is 0 Å². The van der Waals surface area contributed by atoms with Crippen molar-refractivity contribution in [2.24, 2.45) is 0 Å². The van der Waals surface area contributed by atoms with Crippen LogP contribution in [0.25, 0.3) is 0 Å². The zero-order valence-corrected chi connectivity index (χ0v) is 14.4. The fraction of sp³-hybridized carbons (Fsp3) is 0.300. The molecule has 25 heavy (non-hydrogen) atoms. The Morgan fingerprint density at radius 3 is 2.32 bits per heavy atom. The molecule has 2 aromatic carbocycles. The number of carbonyl (C=O) groups excluding carboxylic acids is 2. The Morgan fingerprint density at radius 1 is 1.08 bits per heavy atom. The predicted molar refractivity (Wildman–Crippen MR) is 95.5 cm³/mol. The van der Waals surface area contributed by atoms with Crippen LogP contribution in [-0.2, 0) is 9.53 Å². The van der Waals surface area contributed by atoms with Crippen molar-refractivity contribution in [3.05, 3.63) is 65.7 Å². The quantitative estimate of drug-likeness (QED) is 0.758. The number of nitrogens with one attached hydrogen (secondary N) is 1. The molecule has 0 bridgehead atoms. The third-order valence-corrected chi connectivity index (χ3v) is 4.04. The van der Waals surface area contributed by atoms with Gasteiger partial charge in [0.05, 0.1) is 5.56 Å². The Hall–Kier alpha value is -2.82. The number of hydrogen-bond donors (Lipinski definition) is 2. The molecule has 5 heteroatoms. The number of hydrogen-bond acceptors (Lipinski definition) is 4. The molecule has 0 aliphatic rings. The molecular formula is C20H23NO4. The molecule has 0 spiro atoms. The van der Waals surface area contributed by atoms with Gasteiger partial charge in [-0.1, -0.05) is 37.3 Å². The monoisotopic (exact) mass is 341 g/mol. The van der Waals surface area contributed by atoms with Gasteiger partial charge in [0, 0.05) is 12.5 Å². The average molecular weight is 341 g/mol. The molecule has 2 aromatic rings. The van der Waals surface area contributed by atoms with E-state index in [1.54, 1.807) is 0 Å². The number of phenolic OH excluding ortho intramolecular Hbond substituents is 1. The van der Waals surface area contributed by atoms with E-state index in [9.17, 15) is 14.7 Å². The van der Waals surface area contributed by atoms with E-state index in [4.69, 9.17) is 4.74 Å². The summed E-state index contributed by atoms with van der Waals surface area (Å²) in [5, 5.41) is 12.1. The lowest BCUT2D eigenvalue weighted by Gasteiger charge is -2.18. The molecule has 0 unspecified atom stereocenters. The van der Waals surface area contributed by atoms with E-state index in [-0.39, 0.29) is 23.1 Å². The summed E-state index contributed by atoms with van der Waals surface area (Å²) in [7, 11) is 0. The lowest BCUT2D eigenvalue weighted by molar-refractivity contribution is -0.129. The van der Waals surface area contributed by atoms with Crippen LogP contribution in [0.1, 0.15) is 42.1 Å². The van der Waals surface area contributed by atoms with Gasteiger partial charge in [0.2, 0.25) is 0 Å². The first-order valence-corrected chi connectivity index (χ1v) is 8.34. The second-order valence-corrected chi connectivity index (χ2v) is 5.86. The SMILES string of the molecule is CC[C@@H](CNC(=O)[C@H](C)OC(=O)c1ccc(O)cc1)c1ccccc1. The van der Waals surface area contributed by atoms with E-state index in [0.29, 0.717) is 6.54 Å². The molecule has 2 rings (SSSR count). The predicted octanol–water partition coefficient (Wildman–Crippen LogP) is 3.25. The van der Waals surface area contributed by atoms with Crippen LogP contribution in [0.5, 0.6) is 5.75 Å². The van der Waals surface area contributed by atoms with Crippen molar-refractivity contribution in [3.8, 4) is 5.75 Å². The Balaban J connectivity index is 1.87. The topological polar surface area (TPSA) is 75.6 Å². The van der Waals surface area contributed by atoms with Crippen molar-refractivity contribution < 1.29 is 19.4 Å². The van der Waals surface area contributed by atoms with Crippen molar-refractivity contribution in [1.29, 1.82) is 0 Å². The molecule has 0 aliphatic heterocycles. The molecule has 0 fully saturated rings. The standard InChI is InChI=1S/C20H23NO4/c1-3-15(16-7-5-4-6-8-16)13-21-19(23)14(2)25-20(24)17-9-11-18(22)12-10-17/h4-12,14-15,22H,3,13H2,1-2H3,(H,21,23)/t14-,15-/m0/s1. The molecule has 0 radical (unpaired) electrons. The van der Waals surface area contributed by atoms with E-state index in [0.717, 1.165) is 6.42 Å². The van der Waals surface area contributed by atoms with E-state index in [1.165, 1.54) is 36.8 Å². The minimum absolute atomic E-state index is 0.0638. The minimum atomic E-state index is -0.894. The van der Waals surface area contributed by atoms with Crippen LogP contribution in [-0.4, -0.2) is 29.6 Å². The maximum absolute atomic E-state index is 12.2. The zero-order chi connectivity index (χ0) is 18.2. The molecule has 0 heterocycles. The van der Waals surface area contributed by atoms with Gasteiger partial charge in [-0.15, -0.1) is 0 Å². The first-order valence-electron chi connectivity index (χ1n) is 8.34. The van der Waals surface area contributed by atoms with Crippen molar-refractivity contribution in [2.75, 3.05) is 6.54 Å². The third-order valence-electron chi connectivity index (χ3n) is 4.04. The van der Waals surface area contributed by atoms with Crippen LogP contribution in [0.2, 0.25) is 0 Å². The highest BCUT2D eigenvalue weighted by molar-refractivity contribution is 5.92. The summed E-state index contributed by atoms with van der Waals surface area (Å²) in [5.41, 5.74) is 1.45. The summed E-state index contributed by atoms with van der Waals surface area (Å²) in [6, 6.07) is 15.7. The number of benzene rings is 2. The molecule has 2 N–H and O–H groups in total. The van der Waals surface area contributed by atoms with Gasteiger partial charge < -0.3 is 15.2 Å². The summed E-state index contributed by atoms with van der Waals surface area (Å²) in [5.74, 6) is -0.654. The Kier molecular flexibility index (Phi) is 6.57. The van der Waals surface area contributed by atoms with Gasteiger partial charge in [-0.25, -0.2) is 4.79 Å². The van der Waals surface area contributed by atoms with E-state index >= 15 is 0 Å². The lowest BCUT2D eigenvalue weighted by Crippen LogP contribution is -2.38. The smallest absolute Gasteiger partial charge is 0.338 e. The highest BCUT2D eigenvalue weighted by atomic mass is 16.5. The van der Waals surface area contributed by atoms with Gasteiger partial charge in [-0.05, 0) is 43.2 Å². The number of rotatable bonds is 7. The zero-order valence-electron chi connectivity index (χ0n) is 14.4. The van der Waals surface area contributed by atoms with Crippen molar-refractivity contribution in [1.82, 2.24) is 5.32 Å². The van der Waals surface area contributed by atoms with Crippen LogP contribution in [0.15, 0.2) is 54.6 Å². The first kappa shape index (κ1) is 18.5. The van der Waals surface area contributed by atoms with Crippen molar-refractivity contribution in [2.45, 2.75) is 32.3 Å². The first-order chi connectivity index (χ1) is 12.0. The lowest BCUT2D eigenvalue weighted by atomic mass is 9.96. The van der Waals surface area contributed by atoms with Crippen LogP contribution < -0.4 is 5.32 Å². The summed E-state index contributed by atoms with van der Waals surface area (Å²) in [6.45, 7) is 4.09. The van der Waals surface area contributed by atoms with Crippen LogP contribution >= 0.6 is 0 Å². The number of amides is 1. The largest absolute Gasteiger partial charge is 0.508 e. The number of aromatic hydroxyl groups is 1. The second-order valence-electron chi connectivity index (χ2n) is 5.86. The Labute approximate surface area is 147 Å². The fourth-order valence-electron chi connectivity index (χ4n) is 2.47. The molecule has 0 saturated carbocycles. The van der Waals surface area contributed by atoms with E-state index in [2.05, 4.69) is 12.2 Å². The number of ether oxygens (including phenoxy) is 1. The van der Waals surface area contributed by atoms with Crippen LogP contribution in [0.4, 0.5) is 0 Å². The van der Waals surface area contributed by atoms with Crippen LogP contribution in [0, 0.1) is 0 Å². The Bertz CT molecular complexity index is 697. The maximum atomic E-state index is 12.2. The summed E-state index contributed by atoms with van der Waals surface area (Å²) >= 11 is 0. The normalized spacial score (nSPS) is 12.9. The molecule has 1 amide bonds. The molecule has 2 atom stereocenters. The average Bonchev–Trinajstić information content (AvgIpc) is 2.63. The summed E-state index contributed by atoms with van der Waals surface area (Å²) < 4.78 is 5.18. The molecule has 5 nitrogen and oxygen atoms in total. The van der Waals surface area contributed by atoms with Crippen LogP contribution in [0.3, 0.4) is 0 Å². The summed E-state index contributed by atoms with van der Waals surface area (Å²) in [6.07, 6.45) is 0.000907. The molecule has 0 aromatic heterocycles. The van der Waals surface area contributed by atoms with E-state index in [1.807, 2.05) is 30.3 Å². The number of phenols is 1. The van der Waals surface area contributed by atoms with Gasteiger partial charge in [-0.3, -0.25) is 4.79 Å². The Morgan fingerprint density at radius 2 is 1.72 bits per heavy atom. The van der Waals surface area contributed by atoms with Gasteiger partial charge in [0.15, 0.2) is 6.10 Å². The molecule has 132 valence electrons. The third kappa shape index (κ3) is 5.35. The highest BCUT2D eigenvalue weighted by Gasteiger charge is 2.20. The van der Waals surface area contributed by atoms with Gasteiger partial charge in [0.25, 0.3) is 5.91 Å². The molecule has 0 saturated heterocycles. The van der Waals surface area contributed by atoms with E-state index < -0.39 is 12.1 Å². The second kappa shape index (κ2) is 8.87. The molecular weight excluding hydrogens is 318 g/mol. The maximum Gasteiger partial charge on any atom is 0.338 e. The van der Waals surface area contributed by atoms with Crippen molar-refractivity contribution >= 4 is 11.9 Å². The fourth-order valence-corrected chi connectivity index (χ4v) is 2.47. The summed E-state index contributed by atoms with van der Waals surface area (Å²) in [4.78, 5) is 24.2. The van der Waals surface area contributed by atoms with Gasteiger partial charge >= 0.3 is 5.97 Å². The van der Waals surface area contributed by atoms with Gasteiger partial charge in [-0.2, -0.15) is 0 Å².